The smallest absolute Gasteiger partial charge is 0.242 e. The minimum absolute atomic E-state index is 0. The fourth-order valence-electron chi connectivity index (χ4n) is 2.62. The lowest BCUT2D eigenvalue weighted by Gasteiger charge is -2.34. The Bertz CT molecular complexity index is 239. The number of hydrogen-bond acceptors (Lipinski definition) is 3. The Hall–Kier alpha value is -0.320. The van der Waals surface area contributed by atoms with E-state index in [1.165, 1.54) is 19.3 Å². The Morgan fingerprint density at radius 3 is 2.59 bits per heavy atom. The highest BCUT2D eigenvalue weighted by Crippen LogP contribution is 2.22. The zero-order valence-electron chi connectivity index (χ0n) is 10.5. The van der Waals surface area contributed by atoms with Crippen LogP contribution in [0.1, 0.15) is 32.1 Å². The Balaban J connectivity index is 0.00000144. The van der Waals surface area contributed by atoms with E-state index in [9.17, 15) is 4.79 Å². The first-order chi connectivity index (χ1) is 7.79. The van der Waals surface area contributed by atoms with Crippen LogP contribution in [0.3, 0.4) is 0 Å². The topological polar surface area (TPSA) is 41.6 Å². The van der Waals surface area contributed by atoms with Crippen molar-refractivity contribution in [1.29, 1.82) is 0 Å². The second-order valence-electron chi connectivity index (χ2n) is 4.82. The third-order valence-electron chi connectivity index (χ3n) is 3.69. The van der Waals surface area contributed by atoms with Crippen LogP contribution in [0.25, 0.3) is 0 Å². The van der Waals surface area contributed by atoms with Gasteiger partial charge >= 0.3 is 0 Å². The zero-order valence-corrected chi connectivity index (χ0v) is 11.3. The fraction of sp³-hybridized carbons (Fsp3) is 0.917. The van der Waals surface area contributed by atoms with Crippen molar-refractivity contribution in [1.82, 2.24) is 10.2 Å². The molecule has 0 aromatic rings. The molecule has 100 valence electrons. The monoisotopic (exact) mass is 262 g/mol. The first kappa shape index (κ1) is 14.7. The molecule has 2 rings (SSSR count). The molecule has 1 saturated heterocycles. The molecule has 1 atom stereocenters. The molecule has 17 heavy (non-hydrogen) atoms. The molecule has 1 N–H and O–H groups in total. The van der Waals surface area contributed by atoms with Crippen molar-refractivity contribution in [2.75, 3.05) is 26.8 Å². The highest BCUT2D eigenvalue weighted by molar-refractivity contribution is 5.85. The maximum atomic E-state index is 12.2. The predicted octanol–water partition coefficient (Wildman–Crippen LogP) is 1.19. The van der Waals surface area contributed by atoms with Crippen LogP contribution >= 0.6 is 12.4 Å². The average molecular weight is 263 g/mol. The van der Waals surface area contributed by atoms with E-state index in [-0.39, 0.29) is 24.4 Å². The van der Waals surface area contributed by atoms with Crippen LogP contribution in [-0.4, -0.2) is 49.7 Å². The number of likely N-dealkylation sites (N-methyl/N-ethyl adjacent to an activating group) is 1. The van der Waals surface area contributed by atoms with Gasteiger partial charge < -0.3 is 15.0 Å². The maximum absolute atomic E-state index is 12.2. The number of carbonyl (C=O) groups excluding carboxylic acids is 1. The molecule has 1 amide bonds. The van der Waals surface area contributed by atoms with Crippen molar-refractivity contribution in [3.05, 3.63) is 0 Å². The number of nitrogens with zero attached hydrogens (tertiary/aromatic N) is 1. The number of hydrogen-bond donors (Lipinski definition) is 1. The van der Waals surface area contributed by atoms with E-state index in [1.54, 1.807) is 0 Å². The van der Waals surface area contributed by atoms with Crippen molar-refractivity contribution in [3.8, 4) is 0 Å². The molecule has 1 aliphatic heterocycles. The van der Waals surface area contributed by atoms with Gasteiger partial charge in [-0.1, -0.05) is 19.3 Å². The second kappa shape index (κ2) is 7.19. The molecule has 1 aliphatic carbocycles. The molecular weight excluding hydrogens is 240 g/mol. The molecular formula is C12H23ClN2O2. The summed E-state index contributed by atoms with van der Waals surface area (Å²) in [6, 6.07) is 0.325. The first-order valence-electron chi connectivity index (χ1n) is 6.37. The van der Waals surface area contributed by atoms with Crippen molar-refractivity contribution in [2.45, 2.75) is 44.2 Å². The number of nitrogens with one attached hydrogen (secondary N) is 1. The molecule has 0 spiro atoms. The molecule has 1 heterocycles. The summed E-state index contributed by atoms with van der Waals surface area (Å²) in [6.45, 7) is 2.03. The molecule has 0 aromatic carbocycles. The van der Waals surface area contributed by atoms with E-state index >= 15 is 0 Å². The number of amides is 1. The molecule has 0 aromatic heterocycles. The van der Waals surface area contributed by atoms with E-state index in [4.69, 9.17) is 4.74 Å². The number of ether oxygens (including phenoxy) is 1. The van der Waals surface area contributed by atoms with E-state index in [2.05, 4.69) is 5.32 Å². The van der Waals surface area contributed by atoms with Gasteiger partial charge in [-0.05, 0) is 12.8 Å². The predicted molar refractivity (Wildman–Crippen MR) is 69.5 cm³/mol. The third kappa shape index (κ3) is 3.83. The van der Waals surface area contributed by atoms with Crippen LogP contribution in [0, 0.1) is 0 Å². The Labute approximate surface area is 109 Å². The lowest BCUT2D eigenvalue weighted by Crippen LogP contribution is -2.54. The van der Waals surface area contributed by atoms with Crippen molar-refractivity contribution >= 4 is 18.3 Å². The maximum Gasteiger partial charge on any atom is 0.242 e. The molecule has 4 nitrogen and oxygen atoms in total. The molecule has 0 bridgehead atoms. The minimum Gasteiger partial charge on any atom is -0.378 e. The van der Waals surface area contributed by atoms with Crippen LogP contribution in [0.4, 0.5) is 0 Å². The minimum atomic E-state index is -0.124. The van der Waals surface area contributed by atoms with Gasteiger partial charge in [-0.15, -0.1) is 12.4 Å². The Morgan fingerprint density at radius 2 is 2.00 bits per heavy atom. The lowest BCUT2D eigenvalue weighted by molar-refractivity contribution is -0.137. The van der Waals surface area contributed by atoms with Gasteiger partial charge in [-0.25, -0.2) is 0 Å². The van der Waals surface area contributed by atoms with Crippen LogP contribution in [0.15, 0.2) is 0 Å². The standard InChI is InChI=1S/C12H22N2O2.ClH/c1-14(10-5-3-2-4-6-10)12(15)11-9-16-8-7-13-11;/h10-11,13H,2-9H2,1H3;1H. The molecule has 1 unspecified atom stereocenters. The van der Waals surface area contributed by atoms with Gasteiger partial charge in [0.2, 0.25) is 5.91 Å². The third-order valence-corrected chi connectivity index (χ3v) is 3.69. The van der Waals surface area contributed by atoms with Crippen molar-refractivity contribution < 1.29 is 9.53 Å². The summed E-state index contributed by atoms with van der Waals surface area (Å²) in [7, 11) is 1.94. The lowest BCUT2D eigenvalue weighted by atomic mass is 9.94. The largest absolute Gasteiger partial charge is 0.378 e. The van der Waals surface area contributed by atoms with Gasteiger partial charge in [-0.2, -0.15) is 0 Å². The summed E-state index contributed by atoms with van der Waals surface area (Å²) in [4.78, 5) is 14.1. The SMILES string of the molecule is CN(C(=O)C1COCCN1)C1CCCCC1.Cl. The quantitative estimate of drug-likeness (QED) is 0.813. The molecule has 2 fully saturated rings. The summed E-state index contributed by atoms with van der Waals surface area (Å²) in [6.07, 6.45) is 6.17. The number of halogens is 1. The van der Waals surface area contributed by atoms with Gasteiger partial charge in [0.1, 0.15) is 6.04 Å². The molecule has 0 radical (unpaired) electrons. The van der Waals surface area contributed by atoms with Crippen LogP contribution < -0.4 is 5.32 Å². The number of carbonyl (C=O) groups is 1. The van der Waals surface area contributed by atoms with Crippen LogP contribution in [0.2, 0.25) is 0 Å². The first-order valence-corrected chi connectivity index (χ1v) is 6.37. The summed E-state index contributed by atoms with van der Waals surface area (Å²) in [5, 5.41) is 3.22. The summed E-state index contributed by atoms with van der Waals surface area (Å²) >= 11 is 0. The van der Waals surface area contributed by atoms with Gasteiger partial charge in [0.15, 0.2) is 0 Å². The molecule has 1 saturated carbocycles. The molecule has 5 heteroatoms. The highest BCUT2D eigenvalue weighted by atomic mass is 35.5. The van der Waals surface area contributed by atoms with E-state index < -0.39 is 0 Å². The number of morpholine rings is 1. The molecule has 2 aliphatic rings. The summed E-state index contributed by atoms with van der Waals surface area (Å²) < 4.78 is 5.33. The summed E-state index contributed by atoms with van der Waals surface area (Å²) in [5.41, 5.74) is 0. The van der Waals surface area contributed by atoms with Crippen LogP contribution in [-0.2, 0) is 9.53 Å². The second-order valence-corrected chi connectivity index (χ2v) is 4.82. The van der Waals surface area contributed by atoms with Gasteiger partial charge in [-0.3, -0.25) is 4.79 Å². The highest BCUT2D eigenvalue weighted by Gasteiger charge is 2.28. The average Bonchev–Trinajstić information content (AvgIpc) is 2.39. The van der Waals surface area contributed by atoms with Gasteiger partial charge in [0.05, 0.1) is 13.2 Å². The van der Waals surface area contributed by atoms with Gasteiger partial charge in [0, 0.05) is 19.6 Å². The van der Waals surface area contributed by atoms with Crippen molar-refractivity contribution in [3.63, 3.8) is 0 Å². The van der Waals surface area contributed by atoms with Gasteiger partial charge in [0.25, 0.3) is 0 Å². The number of rotatable bonds is 2. The fourth-order valence-corrected chi connectivity index (χ4v) is 2.62. The Kier molecular flexibility index (Phi) is 6.23. The van der Waals surface area contributed by atoms with E-state index in [1.807, 2.05) is 11.9 Å². The van der Waals surface area contributed by atoms with E-state index in [0.29, 0.717) is 12.6 Å². The normalized spacial score (nSPS) is 26.1. The summed E-state index contributed by atoms with van der Waals surface area (Å²) in [5.74, 6) is 0.201. The zero-order chi connectivity index (χ0) is 11.4. The van der Waals surface area contributed by atoms with Crippen LogP contribution in [0.5, 0.6) is 0 Å². The van der Waals surface area contributed by atoms with Crippen molar-refractivity contribution in [2.24, 2.45) is 0 Å². The van der Waals surface area contributed by atoms with E-state index in [0.717, 1.165) is 26.0 Å². The Morgan fingerprint density at radius 1 is 1.29 bits per heavy atom.